The first-order valence-electron chi connectivity index (χ1n) is 8.38. The van der Waals surface area contributed by atoms with Crippen LogP contribution in [0, 0.1) is 18.3 Å². The van der Waals surface area contributed by atoms with Crippen LogP contribution >= 0.6 is 0 Å². The Morgan fingerprint density at radius 3 is 2.75 bits per heavy atom. The van der Waals surface area contributed by atoms with Crippen LogP contribution in [0.5, 0.6) is 0 Å². The standard InChI is InChI=1S/C20H26/c1-13-4-6-16-15(12-13)5-8-19-17(16)7-9-18-14(2)10-11-20(18,19)3/h4,6,12,17,19H,5,7-11H2,1-3H3. The van der Waals surface area contributed by atoms with Crippen molar-refractivity contribution in [1.82, 2.24) is 0 Å². The van der Waals surface area contributed by atoms with Crippen LogP contribution in [0.4, 0.5) is 0 Å². The van der Waals surface area contributed by atoms with Crippen molar-refractivity contribution >= 4 is 0 Å². The van der Waals surface area contributed by atoms with Crippen molar-refractivity contribution < 1.29 is 0 Å². The van der Waals surface area contributed by atoms with E-state index in [1.54, 1.807) is 16.7 Å². The first-order valence-corrected chi connectivity index (χ1v) is 8.38. The van der Waals surface area contributed by atoms with E-state index in [2.05, 4.69) is 39.0 Å². The first kappa shape index (κ1) is 12.7. The van der Waals surface area contributed by atoms with Gasteiger partial charge in [-0.15, -0.1) is 0 Å². The van der Waals surface area contributed by atoms with E-state index in [0.29, 0.717) is 5.41 Å². The second-order valence-electron chi connectivity index (χ2n) is 7.67. The van der Waals surface area contributed by atoms with Gasteiger partial charge in [0.2, 0.25) is 0 Å². The molecule has 0 heterocycles. The van der Waals surface area contributed by atoms with Crippen molar-refractivity contribution in [3.05, 3.63) is 46.0 Å². The summed E-state index contributed by atoms with van der Waals surface area (Å²) in [5.74, 6) is 1.73. The Bertz CT molecular complexity index is 592. The molecular formula is C20H26. The third-order valence-corrected chi connectivity index (χ3v) is 6.66. The molecule has 3 unspecified atom stereocenters. The van der Waals surface area contributed by atoms with E-state index in [0.717, 1.165) is 11.8 Å². The quantitative estimate of drug-likeness (QED) is 0.540. The highest BCUT2D eigenvalue weighted by atomic mass is 14.5. The van der Waals surface area contributed by atoms with E-state index in [4.69, 9.17) is 0 Å². The second-order valence-corrected chi connectivity index (χ2v) is 7.67. The molecule has 3 aliphatic carbocycles. The lowest BCUT2D eigenvalue weighted by Gasteiger charge is -2.49. The van der Waals surface area contributed by atoms with Crippen LogP contribution in [0.25, 0.3) is 0 Å². The Morgan fingerprint density at radius 1 is 1.05 bits per heavy atom. The molecule has 0 spiro atoms. The summed E-state index contributed by atoms with van der Waals surface area (Å²) in [5.41, 5.74) is 8.86. The van der Waals surface area contributed by atoms with E-state index in [1.165, 1.54) is 44.1 Å². The zero-order valence-corrected chi connectivity index (χ0v) is 13.1. The Labute approximate surface area is 123 Å². The van der Waals surface area contributed by atoms with Gasteiger partial charge in [-0.3, -0.25) is 0 Å². The molecule has 0 amide bonds. The number of aryl methyl sites for hydroxylation is 2. The lowest BCUT2D eigenvalue weighted by Crippen LogP contribution is -2.38. The molecule has 1 aromatic rings. The fourth-order valence-corrected chi connectivity index (χ4v) is 5.61. The van der Waals surface area contributed by atoms with Crippen LogP contribution in [0.3, 0.4) is 0 Å². The van der Waals surface area contributed by atoms with Crippen molar-refractivity contribution in [2.75, 3.05) is 0 Å². The molecule has 20 heavy (non-hydrogen) atoms. The summed E-state index contributed by atoms with van der Waals surface area (Å²) in [6, 6.07) is 7.22. The minimum atomic E-state index is 0.523. The summed E-state index contributed by atoms with van der Waals surface area (Å²) in [6.07, 6.45) is 8.24. The fourth-order valence-electron chi connectivity index (χ4n) is 5.61. The zero-order valence-electron chi connectivity index (χ0n) is 13.1. The van der Waals surface area contributed by atoms with E-state index in [-0.39, 0.29) is 0 Å². The summed E-state index contributed by atoms with van der Waals surface area (Å²) < 4.78 is 0. The smallest absolute Gasteiger partial charge is 0.00766 e. The van der Waals surface area contributed by atoms with E-state index in [1.807, 2.05) is 5.57 Å². The fraction of sp³-hybridized carbons (Fsp3) is 0.600. The number of allylic oxidation sites excluding steroid dienone is 2. The van der Waals surface area contributed by atoms with Gasteiger partial charge in [-0.1, -0.05) is 41.8 Å². The van der Waals surface area contributed by atoms with Gasteiger partial charge in [-0.25, -0.2) is 0 Å². The monoisotopic (exact) mass is 266 g/mol. The van der Waals surface area contributed by atoms with Crippen molar-refractivity contribution in [3.63, 3.8) is 0 Å². The molecular weight excluding hydrogens is 240 g/mol. The molecule has 3 atom stereocenters. The molecule has 0 aromatic heterocycles. The van der Waals surface area contributed by atoms with Gasteiger partial charge in [0, 0.05) is 0 Å². The van der Waals surface area contributed by atoms with Gasteiger partial charge in [-0.05, 0) is 80.8 Å². The van der Waals surface area contributed by atoms with Crippen LogP contribution in [0.1, 0.15) is 68.6 Å². The predicted molar refractivity (Wildman–Crippen MR) is 85.0 cm³/mol. The molecule has 0 nitrogen and oxygen atoms in total. The summed E-state index contributed by atoms with van der Waals surface area (Å²) >= 11 is 0. The van der Waals surface area contributed by atoms with Crippen molar-refractivity contribution in [3.8, 4) is 0 Å². The zero-order chi connectivity index (χ0) is 13.9. The van der Waals surface area contributed by atoms with Gasteiger partial charge in [0.1, 0.15) is 0 Å². The summed E-state index contributed by atoms with van der Waals surface area (Å²) in [7, 11) is 0. The maximum absolute atomic E-state index is 2.58. The van der Waals surface area contributed by atoms with Gasteiger partial charge in [0.05, 0.1) is 0 Å². The number of hydrogen-bond acceptors (Lipinski definition) is 0. The minimum absolute atomic E-state index is 0.523. The lowest BCUT2D eigenvalue weighted by atomic mass is 9.55. The molecule has 1 aromatic carbocycles. The van der Waals surface area contributed by atoms with E-state index < -0.39 is 0 Å². The van der Waals surface area contributed by atoms with E-state index in [9.17, 15) is 0 Å². The normalized spacial score (nSPS) is 35.5. The van der Waals surface area contributed by atoms with Gasteiger partial charge >= 0.3 is 0 Å². The molecule has 3 aliphatic rings. The van der Waals surface area contributed by atoms with Gasteiger partial charge in [0.15, 0.2) is 0 Å². The third-order valence-electron chi connectivity index (χ3n) is 6.66. The van der Waals surface area contributed by atoms with Crippen LogP contribution in [-0.4, -0.2) is 0 Å². The van der Waals surface area contributed by atoms with Crippen LogP contribution in [-0.2, 0) is 6.42 Å². The Kier molecular flexibility index (Phi) is 2.68. The second kappa shape index (κ2) is 4.23. The topological polar surface area (TPSA) is 0 Å². The predicted octanol–water partition coefficient (Wildman–Crippen LogP) is 5.55. The SMILES string of the molecule is CC1=C2CCC3c4ccc(C)cc4CCC3C2(C)CC1. The molecule has 0 bridgehead atoms. The lowest BCUT2D eigenvalue weighted by molar-refractivity contribution is 0.137. The van der Waals surface area contributed by atoms with Crippen molar-refractivity contribution in [2.45, 2.75) is 65.2 Å². The summed E-state index contributed by atoms with van der Waals surface area (Å²) in [4.78, 5) is 0. The van der Waals surface area contributed by atoms with Crippen molar-refractivity contribution in [1.29, 1.82) is 0 Å². The maximum Gasteiger partial charge on any atom is -0.00766 e. The molecule has 0 saturated heterocycles. The van der Waals surface area contributed by atoms with Crippen LogP contribution < -0.4 is 0 Å². The largest absolute Gasteiger partial charge is 0.0735 e. The van der Waals surface area contributed by atoms with Crippen molar-refractivity contribution in [2.24, 2.45) is 11.3 Å². The molecule has 4 rings (SSSR count). The summed E-state index contributed by atoms with van der Waals surface area (Å²) in [5, 5.41) is 0. The highest BCUT2D eigenvalue weighted by Crippen LogP contribution is 2.61. The molecule has 0 radical (unpaired) electrons. The number of fused-ring (bicyclic) bond motifs is 5. The number of hydrogen-bond donors (Lipinski definition) is 0. The maximum atomic E-state index is 2.58. The number of rotatable bonds is 0. The Balaban J connectivity index is 1.78. The molecule has 0 aliphatic heterocycles. The average molecular weight is 266 g/mol. The van der Waals surface area contributed by atoms with Crippen LogP contribution in [0.2, 0.25) is 0 Å². The van der Waals surface area contributed by atoms with E-state index >= 15 is 0 Å². The number of benzene rings is 1. The highest BCUT2D eigenvalue weighted by Gasteiger charge is 2.49. The summed E-state index contributed by atoms with van der Waals surface area (Å²) in [6.45, 7) is 7.20. The average Bonchev–Trinajstić information content (AvgIpc) is 2.74. The molecule has 0 heteroatoms. The Hall–Kier alpha value is -1.04. The molecule has 1 fully saturated rings. The third kappa shape index (κ3) is 1.60. The molecule has 106 valence electrons. The molecule has 1 saturated carbocycles. The van der Waals surface area contributed by atoms with Crippen LogP contribution in [0.15, 0.2) is 29.3 Å². The van der Waals surface area contributed by atoms with Gasteiger partial charge in [-0.2, -0.15) is 0 Å². The first-order chi connectivity index (χ1) is 9.59. The molecule has 0 N–H and O–H groups in total. The van der Waals surface area contributed by atoms with Gasteiger partial charge < -0.3 is 0 Å². The Morgan fingerprint density at radius 2 is 1.90 bits per heavy atom. The van der Waals surface area contributed by atoms with Gasteiger partial charge in [0.25, 0.3) is 0 Å². The minimum Gasteiger partial charge on any atom is -0.0735 e. The highest BCUT2D eigenvalue weighted by molar-refractivity contribution is 5.41.